The second-order valence-electron chi connectivity index (χ2n) is 6.73. The molecule has 0 unspecified atom stereocenters. The van der Waals surface area contributed by atoms with E-state index in [-0.39, 0.29) is 12.6 Å². The molecule has 2 atom stereocenters. The van der Waals surface area contributed by atoms with Crippen LogP contribution < -0.4 is 10.6 Å². The normalized spacial score (nSPS) is 12.9. The highest BCUT2D eigenvalue weighted by molar-refractivity contribution is 6.35. The number of aliphatic hydroxyl groups excluding tert-OH is 1. The third-order valence-corrected chi connectivity index (χ3v) is 4.74. The van der Waals surface area contributed by atoms with Crippen LogP contribution in [0.2, 0.25) is 0 Å². The zero-order chi connectivity index (χ0) is 19.9. The maximum Gasteiger partial charge on any atom is 0.309 e. The number of amides is 2. The van der Waals surface area contributed by atoms with Gasteiger partial charge in [-0.1, -0.05) is 72.8 Å². The average Bonchev–Trinajstić information content (AvgIpc) is 2.73. The molecule has 0 saturated carbocycles. The van der Waals surface area contributed by atoms with Crippen molar-refractivity contribution in [3.8, 4) is 0 Å². The van der Waals surface area contributed by atoms with Crippen LogP contribution in [-0.4, -0.2) is 23.5 Å². The first-order chi connectivity index (χ1) is 13.6. The SMILES string of the molecule is C[C@H](NC(=O)C(=O)NCC[C@@H](O)c1cccc2ccccc12)c1ccccc1. The Morgan fingerprint density at radius 3 is 2.36 bits per heavy atom. The number of hydrogen-bond acceptors (Lipinski definition) is 3. The molecule has 0 aliphatic heterocycles. The largest absolute Gasteiger partial charge is 0.388 e. The topological polar surface area (TPSA) is 78.4 Å². The van der Waals surface area contributed by atoms with Crippen molar-refractivity contribution < 1.29 is 14.7 Å². The minimum absolute atomic E-state index is 0.205. The summed E-state index contributed by atoms with van der Waals surface area (Å²) >= 11 is 0. The van der Waals surface area contributed by atoms with E-state index in [1.807, 2.05) is 79.7 Å². The fourth-order valence-electron chi connectivity index (χ4n) is 3.19. The van der Waals surface area contributed by atoms with E-state index in [9.17, 15) is 14.7 Å². The van der Waals surface area contributed by atoms with Crippen molar-refractivity contribution in [3.05, 3.63) is 83.9 Å². The van der Waals surface area contributed by atoms with E-state index < -0.39 is 17.9 Å². The van der Waals surface area contributed by atoms with Gasteiger partial charge in [0, 0.05) is 6.54 Å². The molecule has 0 heterocycles. The summed E-state index contributed by atoms with van der Waals surface area (Å²) in [5, 5.41) is 17.8. The van der Waals surface area contributed by atoms with E-state index in [0.29, 0.717) is 6.42 Å². The molecule has 3 N–H and O–H groups in total. The number of hydrogen-bond donors (Lipinski definition) is 3. The molecule has 2 amide bonds. The van der Waals surface area contributed by atoms with Gasteiger partial charge in [-0.2, -0.15) is 0 Å². The van der Waals surface area contributed by atoms with Gasteiger partial charge in [-0.15, -0.1) is 0 Å². The molecule has 144 valence electrons. The van der Waals surface area contributed by atoms with Gasteiger partial charge < -0.3 is 15.7 Å². The van der Waals surface area contributed by atoms with Crippen LogP contribution in [0.5, 0.6) is 0 Å². The van der Waals surface area contributed by atoms with Gasteiger partial charge in [0.15, 0.2) is 0 Å². The lowest BCUT2D eigenvalue weighted by Crippen LogP contribution is -2.41. The molecule has 0 aromatic heterocycles. The van der Waals surface area contributed by atoms with Gasteiger partial charge in [0.1, 0.15) is 0 Å². The summed E-state index contributed by atoms with van der Waals surface area (Å²) in [5.41, 5.74) is 1.74. The van der Waals surface area contributed by atoms with E-state index in [0.717, 1.165) is 21.9 Å². The van der Waals surface area contributed by atoms with E-state index in [2.05, 4.69) is 10.6 Å². The average molecular weight is 376 g/mol. The molecule has 3 rings (SSSR count). The molecule has 0 bridgehead atoms. The fraction of sp³-hybridized carbons (Fsp3) is 0.217. The van der Waals surface area contributed by atoms with Crippen molar-refractivity contribution in [2.24, 2.45) is 0 Å². The molecule has 0 fully saturated rings. The third-order valence-electron chi connectivity index (χ3n) is 4.74. The van der Waals surface area contributed by atoms with Crippen LogP contribution in [0.25, 0.3) is 10.8 Å². The first-order valence-electron chi connectivity index (χ1n) is 9.35. The van der Waals surface area contributed by atoms with Gasteiger partial charge in [0.25, 0.3) is 0 Å². The zero-order valence-electron chi connectivity index (χ0n) is 15.8. The molecule has 3 aromatic carbocycles. The Bertz CT molecular complexity index is 951. The number of aliphatic hydroxyl groups is 1. The molecule has 28 heavy (non-hydrogen) atoms. The molecule has 0 radical (unpaired) electrons. The highest BCUT2D eigenvalue weighted by Gasteiger charge is 2.17. The Morgan fingerprint density at radius 1 is 0.893 bits per heavy atom. The lowest BCUT2D eigenvalue weighted by molar-refractivity contribution is -0.139. The van der Waals surface area contributed by atoms with Crippen molar-refractivity contribution in [2.75, 3.05) is 6.54 Å². The van der Waals surface area contributed by atoms with Gasteiger partial charge in [-0.25, -0.2) is 0 Å². The lowest BCUT2D eigenvalue weighted by Gasteiger charge is -2.16. The van der Waals surface area contributed by atoms with E-state index in [1.165, 1.54) is 0 Å². The van der Waals surface area contributed by atoms with Gasteiger partial charge in [0.2, 0.25) is 0 Å². The molecule has 5 nitrogen and oxygen atoms in total. The highest BCUT2D eigenvalue weighted by atomic mass is 16.3. The van der Waals surface area contributed by atoms with Crippen LogP contribution in [0.4, 0.5) is 0 Å². The summed E-state index contributed by atoms with van der Waals surface area (Å²) in [7, 11) is 0. The van der Waals surface area contributed by atoms with Crippen LogP contribution in [0.15, 0.2) is 72.8 Å². The number of benzene rings is 3. The predicted octanol–water partition coefficient (Wildman–Crippen LogP) is 3.26. The molecule has 3 aromatic rings. The van der Waals surface area contributed by atoms with E-state index in [1.54, 1.807) is 0 Å². The second-order valence-corrected chi connectivity index (χ2v) is 6.73. The van der Waals surface area contributed by atoms with Gasteiger partial charge in [-0.05, 0) is 35.2 Å². The molecule has 0 aliphatic carbocycles. The number of fused-ring (bicyclic) bond motifs is 1. The van der Waals surface area contributed by atoms with Crippen molar-refractivity contribution in [2.45, 2.75) is 25.5 Å². The molecule has 0 saturated heterocycles. The van der Waals surface area contributed by atoms with Crippen LogP contribution in [0.3, 0.4) is 0 Å². The number of rotatable bonds is 6. The number of carbonyl (C=O) groups is 2. The molecular formula is C23H24N2O3. The van der Waals surface area contributed by atoms with E-state index >= 15 is 0 Å². The minimum atomic E-state index is -0.724. The van der Waals surface area contributed by atoms with Crippen LogP contribution in [-0.2, 0) is 9.59 Å². The first-order valence-corrected chi connectivity index (χ1v) is 9.35. The summed E-state index contributed by atoms with van der Waals surface area (Å²) in [6, 6.07) is 22.8. The monoisotopic (exact) mass is 376 g/mol. The van der Waals surface area contributed by atoms with Crippen molar-refractivity contribution in [3.63, 3.8) is 0 Å². The molecule has 5 heteroatoms. The lowest BCUT2D eigenvalue weighted by atomic mass is 9.99. The smallest absolute Gasteiger partial charge is 0.309 e. The summed E-state index contributed by atoms with van der Waals surface area (Å²) in [6.07, 6.45) is -0.404. The van der Waals surface area contributed by atoms with Crippen LogP contribution >= 0.6 is 0 Å². The first kappa shape index (κ1) is 19.6. The summed E-state index contributed by atoms with van der Waals surface area (Å²) in [6.45, 7) is 2.03. The minimum Gasteiger partial charge on any atom is -0.388 e. The Balaban J connectivity index is 1.51. The fourth-order valence-corrected chi connectivity index (χ4v) is 3.19. The Morgan fingerprint density at radius 2 is 1.57 bits per heavy atom. The van der Waals surface area contributed by atoms with Crippen molar-refractivity contribution in [1.29, 1.82) is 0 Å². The van der Waals surface area contributed by atoms with Crippen molar-refractivity contribution in [1.82, 2.24) is 10.6 Å². The van der Waals surface area contributed by atoms with Gasteiger partial charge in [-0.3, -0.25) is 9.59 Å². The molecular weight excluding hydrogens is 352 g/mol. The van der Waals surface area contributed by atoms with Crippen molar-refractivity contribution >= 4 is 22.6 Å². The highest BCUT2D eigenvalue weighted by Crippen LogP contribution is 2.25. The molecule has 0 spiro atoms. The maximum absolute atomic E-state index is 12.1. The Labute approximate surface area is 164 Å². The Hall–Kier alpha value is -3.18. The standard InChI is InChI=1S/C23H24N2O3/c1-16(17-8-3-2-4-9-17)25-23(28)22(27)24-15-14-21(26)20-13-7-11-18-10-5-6-12-19(18)20/h2-13,16,21,26H,14-15H2,1H3,(H,24,27)(H,25,28)/t16-,21+/m0/s1. The summed E-state index contributed by atoms with van der Waals surface area (Å²) in [4.78, 5) is 24.1. The van der Waals surface area contributed by atoms with E-state index in [4.69, 9.17) is 0 Å². The number of nitrogens with one attached hydrogen (secondary N) is 2. The number of carbonyl (C=O) groups excluding carboxylic acids is 2. The quantitative estimate of drug-likeness (QED) is 0.578. The summed E-state index contributed by atoms with van der Waals surface area (Å²) < 4.78 is 0. The Kier molecular flexibility index (Phi) is 6.40. The van der Waals surface area contributed by atoms with Gasteiger partial charge >= 0.3 is 11.8 Å². The zero-order valence-corrected chi connectivity index (χ0v) is 15.8. The maximum atomic E-state index is 12.1. The molecule has 0 aliphatic rings. The third kappa shape index (κ3) is 4.75. The second kappa shape index (κ2) is 9.15. The van der Waals surface area contributed by atoms with Gasteiger partial charge in [0.05, 0.1) is 12.1 Å². The van der Waals surface area contributed by atoms with Crippen LogP contribution in [0.1, 0.15) is 36.6 Å². The summed E-state index contributed by atoms with van der Waals surface area (Å²) in [5.74, 6) is -1.39. The van der Waals surface area contributed by atoms with Crippen LogP contribution in [0, 0.1) is 0 Å². The predicted molar refractivity (Wildman–Crippen MR) is 110 cm³/mol.